The summed E-state index contributed by atoms with van der Waals surface area (Å²) in [6.45, 7) is 7.78. The molecule has 15 heavy (non-hydrogen) atoms. The van der Waals surface area contributed by atoms with Crippen LogP contribution in [-0.4, -0.2) is 31.7 Å². The predicted molar refractivity (Wildman–Crippen MR) is 59.4 cm³/mol. The number of carbonyl (C=O) groups excluding carboxylic acids is 1. The standard InChI is InChI=1S/C11H22N2O2/c1-8(2)4-5-13-10(14)11(3)7-15-6-9(11)12/h8-9H,4-7,12H2,1-3H3,(H,13,14). The van der Waals surface area contributed by atoms with Gasteiger partial charge in [-0.1, -0.05) is 13.8 Å². The molecule has 1 aliphatic heterocycles. The maximum atomic E-state index is 11.9. The molecule has 0 aromatic carbocycles. The Morgan fingerprint density at radius 2 is 2.33 bits per heavy atom. The average Bonchev–Trinajstić information content (AvgIpc) is 2.47. The fourth-order valence-corrected chi connectivity index (χ4v) is 1.60. The summed E-state index contributed by atoms with van der Waals surface area (Å²) in [6.07, 6.45) is 0.998. The SMILES string of the molecule is CC(C)CCNC(=O)C1(C)COCC1N. The number of nitrogens with one attached hydrogen (secondary N) is 1. The van der Waals surface area contributed by atoms with Crippen molar-refractivity contribution >= 4 is 5.91 Å². The van der Waals surface area contributed by atoms with Gasteiger partial charge in [-0.3, -0.25) is 4.79 Å². The van der Waals surface area contributed by atoms with Crippen molar-refractivity contribution in [2.24, 2.45) is 17.1 Å². The second-order valence-corrected chi connectivity index (χ2v) is 4.98. The first-order valence-corrected chi connectivity index (χ1v) is 5.58. The summed E-state index contributed by atoms with van der Waals surface area (Å²) in [5.41, 5.74) is 5.32. The number of nitrogens with two attached hydrogens (primary N) is 1. The van der Waals surface area contributed by atoms with E-state index in [1.165, 1.54) is 0 Å². The molecule has 0 aromatic heterocycles. The van der Waals surface area contributed by atoms with Gasteiger partial charge in [0.05, 0.1) is 18.6 Å². The molecular weight excluding hydrogens is 192 g/mol. The van der Waals surface area contributed by atoms with Crippen LogP contribution in [-0.2, 0) is 9.53 Å². The van der Waals surface area contributed by atoms with Crippen molar-refractivity contribution < 1.29 is 9.53 Å². The average molecular weight is 214 g/mol. The lowest BCUT2D eigenvalue weighted by molar-refractivity contribution is -0.130. The molecular formula is C11H22N2O2. The van der Waals surface area contributed by atoms with Gasteiger partial charge in [-0.15, -0.1) is 0 Å². The van der Waals surface area contributed by atoms with E-state index in [0.29, 0.717) is 19.1 Å². The molecule has 88 valence electrons. The third kappa shape index (κ3) is 2.92. The minimum absolute atomic E-state index is 0.0214. The van der Waals surface area contributed by atoms with Crippen molar-refractivity contribution in [3.05, 3.63) is 0 Å². The molecule has 1 fully saturated rings. The Labute approximate surface area is 91.5 Å². The number of hydrogen-bond donors (Lipinski definition) is 2. The van der Waals surface area contributed by atoms with Crippen LogP contribution >= 0.6 is 0 Å². The largest absolute Gasteiger partial charge is 0.379 e. The normalized spacial score (nSPS) is 30.9. The van der Waals surface area contributed by atoms with E-state index in [-0.39, 0.29) is 11.9 Å². The Balaban J connectivity index is 2.39. The van der Waals surface area contributed by atoms with Gasteiger partial charge in [0.2, 0.25) is 5.91 Å². The monoisotopic (exact) mass is 214 g/mol. The maximum Gasteiger partial charge on any atom is 0.229 e. The van der Waals surface area contributed by atoms with Crippen molar-refractivity contribution in [3.8, 4) is 0 Å². The Morgan fingerprint density at radius 3 is 2.80 bits per heavy atom. The zero-order valence-electron chi connectivity index (χ0n) is 9.88. The molecule has 0 aromatic rings. The van der Waals surface area contributed by atoms with Gasteiger partial charge in [0, 0.05) is 12.6 Å². The van der Waals surface area contributed by atoms with E-state index in [0.717, 1.165) is 13.0 Å². The van der Waals surface area contributed by atoms with Gasteiger partial charge in [-0.2, -0.15) is 0 Å². The summed E-state index contributed by atoms with van der Waals surface area (Å²) in [5.74, 6) is 0.625. The van der Waals surface area contributed by atoms with Crippen LogP contribution in [0.5, 0.6) is 0 Å². The van der Waals surface area contributed by atoms with Crippen LogP contribution in [0.2, 0.25) is 0 Å². The molecule has 1 aliphatic rings. The summed E-state index contributed by atoms with van der Waals surface area (Å²) in [6, 6.07) is -0.184. The summed E-state index contributed by atoms with van der Waals surface area (Å²) < 4.78 is 5.24. The van der Waals surface area contributed by atoms with Crippen molar-refractivity contribution in [1.82, 2.24) is 5.32 Å². The van der Waals surface area contributed by atoms with Crippen LogP contribution in [0, 0.1) is 11.3 Å². The van der Waals surface area contributed by atoms with Crippen molar-refractivity contribution in [2.75, 3.05) is 19.8 Å². The first kappa shape index (κ1) is 12.5. The number of amides is 1. The van der Waals surface area contributed by atoms with Crippen LogP contribution in [0.4, 0.5) is 0 Å². The molecule has 2 unspecified atom stereocenters. The molecule has 0 spiro atoms. The molecule has 4 heteroatoms. The first-order chi connectivity index (χ1) is 6.97. The molecule has 0 aliphatic carbocycles. The highest BCUT2D eigenvalue weighted by molar-refractivity contribution is 5.83. The smallest absolute Gasteiger partial charge is 0.229 e. The highest BCUT2D eigenvalue weighted by Crippen LogP contribution is 2.26. The molecule has 3 N–H and O–H groups in total. The van der Waals surface area contributed by atoms with Crippen molar-refractivity contribution in [2.45, 2.75) is 33.2 Å². The Hall–Kier alpha value is -0.610. The summed E-state index contributed by atoms with van der Waals surface area (Å²) in [7, 11) is 0. The van der Waals surface area contributed by atoms with Gasteiger partial charge in [-0.25, -0.2) is 0 Å². The lowest BCUT2D eigenvalue weighted by atomic mass is 9.85. The number of hydrogen-bond acceptors (Lipinski definition) is 3. The molecule has 0 saturated carbocycles. The number of carbonyl (C=O) groups is 1. The fourth-order valence-electron chi connectivity index (χ4n) is 1.60. The molecule has 1 amide bonds. The van der Waals surface area contributed by atoms with Gasteiger partial charge in [0.15, 0.2) is 0 Å². The molecule has 0 bridgehead atoms. The lowest BCUT2D eigenvalue weighted by Crippen LogP contribution is -2.50. The Bertz CT molecular complexity index is 231. The van der Waals surface area contributed by atoms with Crippen LogP contribution in [0.15, 0.2) is 0 Å². The van der Waals surface area contributed by atoms with Gasteiger partial charge < -0.3 is 15.8 Å². The van der Waals surface area contributed by atoms with E-state index in [1.807, 2.05) is 6.92 Å². The highest BCUT2D eigenvalue weighted by atomic mass is 16.5. The predicted octanol–water partition coefficient (Wildman–Crippen LogP) is 0.513. The van der Waals surface area contributed by atoms with Crippen molar-refractivity contribution in [1.29, 1.82) is 0 Å². The highest BCUT2D eigenvalue weighted by Gasteiger charge is 2.44. The zero-order valence-corrected chi connectivity index (χ0v) is 9.88. The number of ether oxygens (including phenoxy) is 1. The Morgan fingerprint density at radius 1 is 1.67 bits per heavy atom. The van der Waals surface area contributed by atoms with Gasteiger partial charge in [-0.05, 0) is 19.3 Å². The third-order valence-electron chi connectivity index (χ3n) is 3.04. The van der Waals surface area contributed by atoms with Gasteiger partial charge in [0.25, 0.3) is 0 Å². The van der Waals surface area contributed by atoms with Crippen molar-refractivity contribution in [3.63, 3.8) is 0 Å². The van der Waals surface area contributed by atoms with E-state index < -0.39 is 5.41 Å². The van der Waals surface area contributed by atoms with Crippen LogP contribution in [0.1, 0.15) is 27.2 Å². The van der Waals surface area contributed by atoms with E-state index in [9.17, 15) is 4.79 Å². The zero-order chi connectivity index (χ0) is 11.5. The third-order valence-corrected chi connectivity index (χ3v) is 3.04. The van der Waals surface area contributed by atoms with Gasteiger partial charge >= 0.3 is 0 Å². The molecule has 1 heterocycles. The molecule has 1 saturated heterocycles. The van der Waals surface area contributed by atoms with E-state index in [1.54, 1.807) is 0 Å². The maximum absolute atomic E-state index is 11.9. The van der Waals surface area contributed by atoms with Crippen LogP contribution in [0.3, 0.4) is 0 Å². The molecule has 4 nitrogen and oxygen atoms in total. The molecule has 1 rings (SSSR count). The van der Waals surface area contributed by atoms with Gasteiger partial charge in [0.1, 0.15) is 0 Å². The first-order valence-electron chi connectivity index (χ1n) is 5.58. The minimum atomic E-state index is -0.545. The lowest BCUT2D eigenvalue weighted by Gasteiger charge is -2.25. The minimum Gasteiger partial charge on any atom is -0.379 e. The van der Waals surface area contributed by atoms with Crippen LogP contribution in [0.25, 0.3) is 0 Å². The van der Waals surface area contributed by atoms with E-state index in [2.05, 4.69) is 19.2 Å². The Kier molecular flexibility index (Phi) is 4.11. The summed E-state index contributed by atoms with van der Waals surface area (Å²) in [4.78, 5) is 11.9. The summed E-state index contributed by atoms with van der Waals surface area (Å²) >= 11 is 0. The molecule has 0 radical (unpaired) electrons. The fraction of sp³-hybridized carbons (Fsp3) is 0.909. The van der Waals surface area contributed by atoms with Crippen LogP contribution < -0.4 is 11.1 Å². The van der Waals surface area contributed by atoms with E-state index >= 15 is 0 Å². The second kappa shape index (κ2) is 4.94. The topological polar surface area (TPSA) is 64.3 Å². The summed E-state index contributed by atoms with van der Waals surface area (Å²) in [5, 5.41) is 2.93. The van der Waals surface area contributed by atoms with E-state index in [4.69, 9.17) is 10.5 Å². The second-order valence-electron chi connectivity index (χ2n) is 4.98. The quantitative estimate of drug-likeness (QED) is 0.717. The molecule has 2 atom stereocenters. The number of rotatable bonds is 4.